The van der Waals surface area contributed by atoms with Crippen molar-refractivity contribution in [2.75, 3.05) is 18.5 Å². The van der Waals surface area contributed by atoms with E-state index in [9.17, 15) is 9.90 Å². The molecule has 1 aliphatic rings. The molecule has 3 rings (SSSR count). The average Bonchev–Trinajstić information content (AvgIpc) is 2.97. The Bertz CT molecular complexity index is 636. The van der Waals surface area contributed by atoms with Crippen molar-refractivity contribution in [1.82, 2.24) is 4.98 Å². The van der Waals surface area contributed by atoms with E-state index in [1.54, 1.807) is 6.07 Å². The smallest absolute Gasteiger partial charge is 0.339 e. The third-order valence-electron chi connectivity index (χ3n) is 3.48. The summed E-state index contributed by atoms with van der Waals surface area (Å²) in [6, 6.07) is 9.15. The van der Waals surface area contributed by atoms with Gasteiger partial charge in [0.2, 0.25) is 0 Å². The van der Waals surface area contributed by atoms with Crippen LogP contribution in [-0.4, -0.2) is 35.3 Å². The number of pyridine rings is 1. The van der Waals surface area contributed by atoms with E-state index in [1.165, 1.54) is 0 Å². The number of carboxylic acid groups (broad SMARTS) is 1. The van der Waals surface area contributed by atoms with Crippen molar-refractivity contribution in [3.05, 3.63) is 35.9 Å². The summed E-state index contributed by atoms with van der Waals surface area (Å²) in [4.78, 5) is 15.8. The molecule has 20 heavy (non-hydrogen) atoms. The lowest BCUT2D eigenvalue weighted by molar-refractivity contribution is 0.0697. The SMILES string of the molecule is O=C(O)c1cc2ccccc2nc1NCC1CCCO1. The number of nitrogens with zero attached hydrogens (tertiary/aromatic N) is 1. The maximum atomic E-state index is 11.4. The van der Waals surface area contributed by atoms with Gasteiger partial charge in [-0.2, -0.15) is 0 Å². The second-order valence-electron chi connectivity index (χ2n) is 4.90. The van der Waals surface area contributed by atoms with Crippen LogP contribution in [0.1, 0.15) is 23.2 Å². The van der Waals surface area contributed by atoms with Gasteiger partial charge in [0.1, 0.15) is 11.4 Å². The van der Waals surface area contributed by atoms with Crippen LogP contribution in [0.25, 0.3) is 10.9 Å². The quantitative estimate of drug-likeness (QED) is 0.894. The number of aromatic carboxylic acids is 1. The molecule has 5 nitrogen and oxygen atoms in total. The molecule has 0 saturated carbocycles. The Kier molecular flexibility index (Phi) is 3.52. The van der Waals surface area contributed by atoms with E-state index in [-0.39, 0.29) is 11.7 Å². The van der Waals surface area contributed by atoms with Gasteiger partial charge in [-0.05, 0) is 25.0 Å². The molecule has 1 atom stereocenters. The number of hydrogen-bond donors (Lipinski definition) is 2. The molecule has 1 aromatic heterocycles. The Hall–Kier alpha value is -2.14. The van der Waals surface area contributed by atoms with Crippen LogP contribution in [0.4, 0.5) is 5.82 Å². The largest absolute Gasteiger partial charge is 0.478 e. The second-order valence-corrected chi connectivity index (χ2v) is 4.90. The number of aromatic nitrogens is 1. The van der Waals surface area contributed by atoms with E-state index in [2.05, 4.69) is 10.3 Å². The third kappa shape index (κ3) is 2.58. The highest BCUT2D eigenvalue weighted by atomic mass is 16.5. The number of fused-ring (bicyclic) bond motifs is 1. The summed E-state index contributed by atoms with van der Waals surface area (Å²) in [6.07, 6.45) is 2.21. The Morgan fingerprint density at radius 2 is 2.30 bits per heavy atom. The lowest BCUT2D eigenvalue weighted by Gasteiger charge is -2.13. The minimum Gasteiger partial charge on any atom is -0.478 e. The number of ether oxygens (including phenoxy) is 1. The number of hydrogen-bond acceptors (Lipinski definition) is 4. The molecule has 1 aromatic carbocycles. The van der Waals surface area contributed by atoms with Crippen molar-refractivity contribution in [1.29, 1.82) is 0 Å². The van der Waals surface area contributed by atoms with Crippen molar-refractivity contribution in [2.24, 2.45) is 0 Å². The van der Waals surface area contributed by atoms with Crippen molar-refractivity contribution >= 4 is 22.7 Å². The fourth-order valence-corrected chi connectivity index (χ4v) is 2.43. The molecule has 1 fully saturated rings. The standard InChI is InChI=1S/C15H16N2O3/c18-15(19)12-8-10-4-1-2-6-13(10)17-14(12)16-9-11-5-3-7-20-11/h1-2,4,6,8,11H,3,5,7,9H2,(H,16,17)(H,18,19). The van der Waals surface area contributed by atoms with Gasteiger partial charge in [-0.15, -0.1) is 0 Å². The van der Waals surface area contributed by atoms with Gasteiger partial charge >= 0.3 is 5.97 Å². The molecule has 1 aliphatic heterocycles. The van der Waals surface area contributed by atoms with E-state index in [0.717, 1.165) is 30.4 Å². The Balaban J connectivity index is 1.90. The van der Waals surface area contributed by atoms with Gasteiger partial charge in [-0.3, -0.25) is 0 Å². The number of anilines is 1. The predicted octanol–water partition coefficient (Wildman–Crippen LogP) is 2.52. The van der Waals surface area contributed by atoms with Crippen LogP contribution in [0.15, 0.2) is 30.3 Å². The molecule has 5 heteroatoms. The molecular formula is C15H16N2O3. The number of para-hydroxylation sites is 1. The second kappa shape index (κ2) is 5.46. The summed E-state index contributed by atoms with van der Waals surface area (Å²) < 4.78 is 5.52. The van der Waals surface area contributed by atoms with E-state index in [4.69, 9.17) is 4.74 Å². The zero-order valence-corrected chi connectivity index (χ0v) is 11.0. The first-order chi connectivity index (χ1) is 9.74. The van der Waals surface area contributed by atoms with Gasteiger partial charge in [0.15, 0.2) is 0 Å². The molecule has 2 aromatic rings. The van der Waals surface area contributed by atoms with Gasteiger partial charge in [-0.25, -0.2) is 9.78 Å². The minimum absolute atomic E-state index is 0.143. The van der Waals surface area contributed by atoms with Crippen molar-refractivity contribution in [3.8, 4) is 0 Å². The van der Waals surface area contributed by atoms with Gasteiger partial charge in [0, 0.05) is 18.5 Å². The summed E-state index contributed by atoms with van der Waals surface area (Å²) in [5.74, 6) is -0.565. The lowest BCUT2D eigenvalue weighted by atomic mass is 10.1. The van der Waals surface area contributed by atoms with Crippen LogP contribution < -0.4 is 5.32 Å². The molecule has 0 amide bonds. The van der Waals surface area contributed by atoms with Crippen molar-refractivity contribution in [2.45, 2.75) is 18.9 Å². The van der Waals surface area contributed by atoms with Crippen LogP contribution in [-0.2, 0) is 4.74 Å². The monoisotopic (exact) mass is 272 g/mol. The number of nitrogens with one attached hydrogen (secondary N) is 1. The first-order valence-electron chi connectivity index (χ1n) is 6.72. The fourth-order valence-electron chi connectivity index (χ4n) is 2.43. The summed E-state index contributed by atoms with van der Waals surface area (Å²) in [6.45, 7) is 1.37. The molecule has 0 radical (unpaired) electrons. The molecule has 0 aliphatic carbocycles. The third-order valence-corrected chi connectivity index (χ3v) is 3.48. The van der Waals surface area contributed by atoms with E-state index in [1.807, 2.05) is 24.3 Å². The van der Waals surface area contributed by atoms with Crippen LogP contribution in [0.3, 0.4) is 0 Å². The highest BCUT2D eigenvalue weighted by molar-refractivity contribution is 5.98. The lowest BCUT2D eigenvalue weighted by Crippen LogP contribution is -2.20. The van der Waals surface area contributed by atoms with E-state index >= 15 is 0 Å². The highest BCUT2D eigenvalue weighted by Crippen LogP contribution is 2.21. The van der Waals surface area contributed by atoms with Crippen molar-refractivity contribution in [3.63, 3.8) is 0 Å². The Morgan fingerprint density at radius 1 is 1.45 bits per heavy atom. The van der Waals surface area contributed by atoms with Crippen LogP contribution in [0.2, 0.25) is 0 Å². The molecule has 1 saturated heterocycles. The molecule has 1 unspecified atom stereocenters. The van der Waals surface area contributed by atoms with E-state index < -0.39 is 5.97 Å². The summed E-state index contributed by atoms with van der Waals surface area (Å²) >= 11 is 0. The molecule has 0 bridgehead atoms. The molecule has 104 valence electrons. The molecule has 0 spiro atoms. The van der Waals surface area contributed by atoms with Crippen LogP contribution in [0, 0.1) is 0 Å². The maximum Gasteiger partial charge on any atom is 0.339 e. The summed E-state index contributed by atoms with van der Waals surface area (Å²) in [5.41, 5.74) is 0.981. The number of rotatable bonds is 4. The van der Waals surface area contributed by atoms with Crippen LogP contribution >= 0.6 is 0 Å². The Labute approximate surface area is 116 Å². The summed E-state index contributed by atoms with van der Waals surface area (Å²) in [7, 11) is 0. The first-order valence-corrected chi connectivity index (χ1v) is 6.72. The first kappa shape index (κ1) is 12.9. The number of carboxylic acids is 1. The van der Waals surface area contributed by atoms with Gasteiger partial charge in [-0.1, -0.05) is 18.2 Å². The topological polar surface area (TPSA) is 71.5 Å². The van der Waals surface area contributed by atoms with Crippen LogP contribution in [0.5, 0.6) is 0 Å². The fraction of sp³-hybridized carbons (Fsp3) is 0.333. The number of benzene rings is 1. The zero-order chi connectivity index (χ0) is 13.9. The minimum atomic E-state index is -0.974. The summed E-state index contributed by atoms with van der Waals surface area (Å²) in [5, 5.41) is 13.2. The zero-order valence-electron chi connectivity index (χ0n) is 11.0. The van der Waals surface area contributed by atoms with Crippen molar-refractivity contribution < 1.29 is 14.6 Å². The van der Waals surface area contributed by atoms with Gasteiger partial charge < -0.3 is 15.2 Å². The predicted molar refractivity (Wildman–Crippen MR) is 76.2 cm³/mol. The molecule has 2 N–H and O–H groups in total. The van der Waals surface area contributed by atoms with E-state index in [0.29, 0.717) is 12.4 Å². The normalized spacial score (nSPS) is 18.3. The molecular weight excluding hydrogens is 256 g/mol. The average molecular weight is 272 g/mol. The molecule has 2 heterocycles. The maximum absolute atomic E-state index is 11.4. The Morgan fingerprint density at radius 3 is 3.05 bits per heavy atom. The number of carbonyl (C=O) groups is 1. The van der Waals surface area contributed by atoms with Gasteiger partial charge in [0.25, 0.3) is 0 Å². The highest BCUT2D eigenvalue weighted by Gasteiger charge is 2.18. The van der Waals surface area contributed by atoms with Gasteiger partial charge in [0.05, 0.1) is 11.6 Å².